The Morgan fingerprint density at radius 1 is 0.931 bits per heavy atom. The molecule has 166 valence electrons. The van der Waals surface area contributed by atoms with Crippen molar-refractivity contribution < 1.29 is 25.2 Å². The monoisotopic (exact) mass is 408 g/mol. The third-order valence-electron chi connectivity index (χ3n) is 10.3. The molecule has 0 aromatic heterocycles. The van der Waals surface area contributed by atoms with Crippen LogP contribution in [0.3, 0.4) is 0 Å². The van der Waals surface area contributed by atoms with Gasteiger partial charge in [-0.3, -0.25) is 4.79 Å². The molecule has 4 rings (SSSR count). The molecule has 0 heterocycles. The summed E-state index contributed by atoms with van der Waals surface area (Å²) in [5.41, 5.74) is 0.119. The van der Waals surface area contributed by atoms with Gasteiger partial charge in [-0.1, -0.05) is 20.8 Å². The van der Waals surface area contributed by atoms with Gasteiger partial charge in [0.05, 0.1) is 18.3 Å². The minimum Gasteiger partial charge on any atom is -0.481 e. The summed E-state index contributed by atoms with van der Waals surface area (Å²) in [7, 11) is 0. The van der Waals surface area contributed by atoms with Gasteiger partial charge < -0.3 is 20.4 Å². The summed E-state index contributed by atoms with van der Waals surface area (Å²) in [5, 5.41) is 41.7. The second-order valence-corrected chi connectivity index (χ2v) is 11.5. The molecular formula is C24H40O5. The van der Waals surface area contributed by atoms with Gasteiger partial charge in [0.1, 0.15) is 0 Å². The second-order valence-electron chi connectivity index (χ2n) is 11.5. The van der Waals surface area contributed by atoms with Gasteiger partial charge in [-0.25, -0.2) is 0 Å². The molecule has 0 amide bonds. The van der Waals surface area contributed by atoms with E-state index >= 15 is 0 Å². The number of hydrogen-bond donors (Lipinski definition) is 4. The quantitative estimate of drug-likeness (QED) is 0.571. The highest BCUT2D eigenvalue weighted by Gasteiger charge is 2.65. The minimum atomic E-state index is -0.748. The van der Waals surface area contributed by atoms with Crippen LogP contribution in [0.25, 0.3) is 0 Å². The van der Waals surface area contributed by atoms with E-state index < -0.39 is 18.2 Å². The standard InChI is InChI=1S/C24H40O5/c1-13(4-7-19(26)27)15-5-6-16-20-17(9-11-23(15,16)2)24(3)10-8-14(25)12-18(24)21(28)22(20)29/h13-18,20-22,25,28-29H,4-12H2,1-3H3,(H,26,27)/t13-,14-,15-,16?,17?,18+,20?,21-,22?,23-,24-/m1/s1. The molecule has 5 nitrogen and oxygen atoms in total. The van der Waals surface area contributed by atoms with Crippen molar-refractivity contribution in [1.29, 1.82) is 0 Å². The normalized spacial score (nSPS) is 52.9. The smallest absolute Gasteiger partial charge is 0.303 e. The maximum Gasteiger partial charge on any atom is 0.303 e. The first kappa shape index (κ1) is 21.6. The molecule has 4 fully saturated rings. The number of fused-ring (bicyclic) bond motifs is 5. The van der Waals surface area contributed by atoms with Crippen molar-refractivity contribution in [3.8, 4) is 0 Å². The Morgan fingerprint density at radius 3 is 2.28 bits per heavy atom. The topological polar surface area (TPSA) is 98.0 Å². The first-order valence-corrected chi connectivity index (χ1v) is 11.9. The van der Waals surface area contributed by atoms with Crippen molar-refractivity contribution in [3.05, 3.63) is 0 Å². The van der Waals surface area contributed by atoms with Crippen LogP contribution in [-0.2, 0) is 4.79 Å². The van der Waals surface area contributed by atoms with Crippen molar-refractivity contribution in [2.24, 2.45) is 46.3 Å². The average molecular weight is 409 g/mol. The predicted octanol–water partition coefficient (Wildman–Crippen LogP) is 3.45. The zero-order valence-electron chi connectivity index (χ0n) is 18.3. The van der Waals surface area contributed by atoms with Gasteiger partial charge in [0, 0.05) is 6.42 Å². The molecule has 11 atom stereocenters. The van der Waals surface area contributed by atoms with Crippen molar-refractivity contribution in [3.63, 3.8) is 0 Å². The molecule has 0 spiro atoms. The third kappa shape index (κ3) is 3.27. The summed E-state index contributed by atoms with van der Waals surface area (Å²) in [5.74, 6) is 1.06. The molecule has 4 N–H and O–H groups in total. The van der Waals surface area contributed by atoms with Gasteiger partial charge >= 0.3 is 5.97 Å². The van der Waals surface area contributed by atoms with E-state index in [0.717, 1.165) is 44.9 Å². The number of aliphatic hydroxyl groups is 3. The van der Waals surface area contributed by atoms with Crippen molar-refractivity contribution in [2.45, 2.75) is 96.9 Å². The largest absolute Gasteiger partial charge is 0.481 e. The van der Waals surface area contributed by atoms with Gasteiger partial charge in [0.25, 0.3) is 0 Å². The lowest BCUT2D eigenvalue weighted by atomic mass is 9.43. The molecular weight excluding hydrogens is 368 g/mol. The highest BCUT2D eigenvalue weighted by Crippen LogP contribution is 2.68. The van der Waals surface area contributed by atoms with Gasteiger partial charge in [-0.05, 0) is 97.7 Å². The predicted molar refractivity (Wildman–Crippen MR) is 110 cm³/mol. The zero-order chi connectivity index (χ0) is 21.1. The number of rotatable bonds is 4. The molecule has 4 unspecified atom stereocenters. The van der Waals surface area contributed by atoms with Gasteiger partial charge in [0.15, 0.2) is 0 Å². The van der Waals surface area contributed by atoms with E-state index in [-0.39, 0.29) is 35.2 Å². The summed E-state index contributed by atoms with van der Waals surface area (Å²) in [6.07, 6.45) is 5.87. The number of aliphatic hydroxyl groups excluding tert-OH is 3. The van der Waals surface area contributed by atoms with Crippen LogP contribution in [0.1, 0.15) is 78.6 Å². The molecule has 0 aromatic carbocycles. The fourth-order valence-corrected chi connectivity index (χ4v) is 8.77. The third-order valence-corrected chi connectivity index (χ3v) is 10.3. The van der Waals surface area contributed by atoms with Crippen molar-refractivity contribution in [2.75, 3.05) is 0 Å². The lowest BCUT2D eigenvalue weighted by molar-refractivity contribution is -0.223. The fourth-order valence-electron chi connectivity index (χ4n) is 8.77. The van der Waals surface area contributed by atoms with E-state index in [1.165, 1.54) is 0 Å². The minimum absolute atomic E-state index is 0.00309. The molecule has 0 bridgehead atoms. The molecule has 0 aliphatic heterocycles. The number of aliphatic carboxylic acids is 1. The van der Waals surface area contributed by atoms with Crippen molar-refractivity contribution in [1.82, 2.24) is 0 Å². The molecule has 0 radical (unpaired) electrons. The lowest BCUT2D eigenvalue weighted by Gasteiger charge is -2.63. The zero-order valence-corrected chi connectivity index (χ0v) is 18.3. The van der Waals surface area contributed by atoms with Crippen LogP contribution in [0.2, 0.25) is 0 Å². The number of carbonyl (C=O) groups is 1. The van der Waals surface area contributed by atoms with Crippen LogP contribution >= 0.6 is 0 Å². The van der Waals surface area contributed by atoms with E-state index in [1.54, 1.807) is 0 Å². The molecule has 29 heavy (non-hydrogen) atoms. The second kappa shape index (κ2) is 7.49. The molecule has 4 aliphatic carbocycles. The van der Waals surface area contributed by atoms with Crippen LogP contribution in [0, 0.1) is 46.3 Å². The summed E-state index contributed by atoms with van der Waals surface area (Å²) in [6, 6.07) is 0. The van der Waals surface area contributed by atoms with E-state index in [9.17, 15) is 20.1 Å². The molecule has 0 saturated heterocycles. The Balaban J connectivity index is 1.59. The Bertz CT molecular complexity index is 637. The highest BCUT2D eigenvalue weighted by atomic mass is 16.4. The van der Waals surface area contributed by atoms with Crippen LogP contribution < -0.4 is 0 Å². The number of carboxylic acids is 1. The Kier molecular flexibility index (Phi) is 5.57. The van der Waals surface area contributed by atoms with Crippen molar-refractivity contribution >= 4 is 5.97 Å². The van der Waals surface area contributed by atoms with Gasteiger partial charge in [-0.2, -0.15) is 0 Å². The van der Waals surface area contributed by atoms with Crippen LogP contribution in [0.15, 0.2) is 0 Å². The summed E-state index contributed by atoms with van der Waals surface area (Å²) in [4.78, 5) is 11.1. The van der Waals surface area contributed by atoms with E-state index in [2.05, 4.69) is 20.8 Å². The average Bonchev–Trinajstić information content (AvgIpc) is 3.02. The maximum atomic E-state index is 11.3. The first-order valence-electron chi connectivity index (χ1n) is 11.9. The van der Waals surface area contributed by atoms with E-state index in [1.807, 2.05) is 0 Å². The van der Waals surface area contributed by atoms with Crippen LogP contribution in [-0.4, -0.2) is 44.7 Å². The highest BCUT2D eigenvalue weighted by molar-refractivity contribution is 5.66. The number of hydrogen-bond acceptors (Lipinski definition) is 4. The summed E-state index contributed by atoms with van der Waals surface area (Å²) in [6.45, 7) is 6.89. The van der Waals surface area contributed by atoms with Crippen LogP contribution in [0.5, 0.6) is 0 Å². The summed E-state index contributed by atoms with van der Waals surface area (Å²) < 4.78 is 0. The number of carboxylic acid groups (broad SMARTS) is 1. The molecule has 4 aliphatic rings. The summed E-state index contributed by atoms with van der Waals surface area (Å²) >= 11 is 0. The lowest BCUT2D eigenvalue weighted by Crippen LogP contribution is -2.64. The Labute approximate surface area is 174 Å². The molecule has 4 saturated carbocycles. The van der Waals surface area contributed by atoms with Gasteiger partial charge in [-0.15, -0.1) is 0 Å². The molecule has 0 aromatic rings. The van der Waals surface area contributed by atoms with Crippen LogP contribution in [0.4, 0.5) is 0 Å². The first-order chi connectivity index (χ1) is 13.6. The van der Waals surface area contributed by atoms with Gasteiger partial charge in [0.2, 0.25) is 0 Å². The van der Waals surface area contributed by atoms with E-state index in [0.29, 0.717) is 30.1 Å². The maximum absolute atomic E-state index is 11.3. The van der Waals surface area contributed by atoms with E-state index in [4.69, 9.17) is 5.11 Å². The SMILES string of the molecule is C[C@H](CCC(=O)O)[C@H]1CCC2C3C(O)[C@H](O)[C@@H]4C[C@H](O)CC[C@]4(C)C3CC[C@@]21C. The Morgan fingerprint density at radius 2 is 1.59 bits per heavy atom. The fraction of sp³-hybridized carbons (Fsp3) is 0.958. The Hall–Kier alpha value is -0.650. The molecule has 5 heteroatoms.